The fourth-order valence-electron chi connectivity index (χ4n) is 3.31. The molecule has 2 N–H and O–H groups in total. The first-order valence-electron chi connectivity index (χ1n) is 8.00. The number of amides is 1. The van der Waals surface area contributed by atoms with Gasteiger partial charge < -0.3 is 10.4 Å². The number of hydrogen-bond donors (Lipinski definition) is 2. The molecule has 1 amide bonds. The molecule has 0 radical (unpaired) electrons. The van der Waals surface area contributed by atoms with Gasteiger partial charge in [-0.3, -0.25) is 14.6 Å². The zero-order valence-electron chi connectivity index (χ0n) is 12.9. The van der Waals surface area contributed by atoms with Crippen molar-refractivity contribution in [2.75, 3.05) is 0 Å². The number of pyridine rings is 1. The van der Waals surface area contributed by atoms with E-state index in [1.165, 1.54) is 0 Å². The van der Waals surface area contributed by atoms with Gasteiger partial charge in [0.2, 0.25) is 0 Å². The molecule has 5 nitrogen and oxygen atoms in total. The summed E-state index contributed by atoms with van der Waals surface area (Å²) in [5, 5.41) is 12.8. The SMILES string of the molecule is O=C(O)CC1CCC(NC(=O)c2ccnc3ccccc23)CC1. The number of nitrogens with zero attached hydrogens (tertiary/aromatic N) is 1. The van der Waals surface area contributed by atoms with Gasteiger partial charge in [-0.05, 0) is 43.7 Å². The molecule has 3 rings (SSSR count). The third kappa shape index (κ3) is 3.67. The Morgan fingerprint density at radius 3 is 2.61 bits per heavy atom. The van der Waals surface area contributed by atoms with Crippen LogP contribution in [0.2, 0.25) is 0 Å². The van der Waals surface area contributed by atoms with Crippen molar-refractivity contribution in [3.63, 3.8) is 0 Å². The van der Waals surface area contributed by atoms with Crippen LogP contribution in [-0.4, -0.2) is 28.0 Å². The Bertz CT molecular complexity index is 716. The van der Waals surface area contributed by atoms with E-state index in [4.69, 9.17) is 5.11 Å². The van der Waals surface area contributed by atoms with Crippen LogP contribution in [0.3, 0.4) is 0 Å². The Balaban J connectivity index is 1.65. The van der Waals surface area contributed by atoms with E-state index < -0.39 is 5.97 Å². The zero-order valence-corrected chi connectivity index (χ0v) is 12.9. The lowest BCUT2D eigenvalue weighted by molar-refractivity contribution is -0.138. The molecule has 0 atom stereocenters. The smallest absolute Gasteiger partial charge is 0.303 e. The summed E-state index contributed by atoms with van der Waals surface area (Å²) in [4.78, 5) is 27.6. The topological polar surface area (TPSA) is 79.3 Å². The van der Waals surface area contributed by atoms with E-state index in [9.17, 15) is 9.59 Å². The first-order valence-corrected chi connectivity index (χ1v) is 8.00. The molecule has 1 aromatic carbocycles. The lowest BCUT2D eigenvalue weighted by Crippen LogP contribution is -2.38. The molecule has 1 aromatic heterocycles. The van der Waals surface area contributed by atoms with Crippen molar-refractivity contribution in [1.29, 1.82) is 0 Å². The summed E-state index contributed by atoms with van der Waals surface area (Å²) in [6, 6.07) is 9.47. The Hall–Kier alpha value is -2.43. The van der Waals surface area contributed by atoms with Crippen molar-refractivity contribution in [3.05, 3.63) is 42.1 Å². The second kappa shape index (κ2) is 6.77. The normalized spacial score (nSPS) is 21.0. The molecule has 0 saturated heterocycles. The average Bonchev–Trinajstić information content (AvgIpc) is 2.55. The first kappa shape index (κ1) is 15.5. The second-order valence-electron chi connectivity index (χ2n) is 6.16. The van der Waals surface area contributed by atoms with Crippen molar-refractivity contribution in [2.45, 2.75) is 38.1 Å². The minimum Gasteiger partial charge on any atom is -0.481 e. The molecule has 0 aliphatic heterocycles. The van der Waals surface area contributed by atoms with Gasteiger partial charge in [0.25, 0.3) is 5.91 Å². The lowest BCUT2D eigenvalue weighted by atomic mass is 9.84. The van der Waals surface area contributed by atoms with Gasteiger partial charge >= 0.3 is 5.97 Å². The molecule has 1 fully saturated rings. The number of hydrogen-bond acceptors (Lipinski definition) is 3. The van der Waals surface area contributed by atoms with Crippen molar-refractivity contribution in [3.8, 4) is 0 Å². The highest BCUT2D eigenvalue weighted by molar-refractivity contribution is 6.06. The van der Waals surface area contributed by atoms with E-state index in [1.807, 2.05) is 24.3 Å². The standard InChI is InChI=1S/C18H20N2O3/c21-17(22)11-12-5-7-13(8-6-12)20-18(23)15-9-10-19-16-4-2-1-3-14(15)16/h1-4,9-10,12-13H,5-8,11H2,(H,20,23)(H,21,22). The molecule has 1 aliphatic carbocycles. The molecule has 2 aromatic rings. The molecule has 0 bridgehead atoms. The Labute approximate surface area is 134 Å². The van der Waals surface area contributed by atoms with Gasteiger partial charge in [0.05, 0.1) is 11.1 Å². The number of aromatic nitrogens is 1. The fraction of sp³-hybridized carbons (Fsp3) is 0.389. The quantitative estimate of drug-likeness (QED) is 0.909. The van der Waals surface area contributed by atoms with E-state index in [2.05, 4.69) is 10.3 Å². The molecule has 120 valence electrons. The summed E-state index contributed by atoms with van der Waals surface area (Å²) >= 11 is 0. The van der Waals surface area contributed by atoms with Crippen molar-refractivity contribution < 1.29 is 14.7 Å². The second-order valence-corrected chi connectivity index (χ2v) is 6.16. The Kier molecular flexibility index (Phi) is 4.55. The van der Waals surface area contributed by atoms with Gasteiger partial charge in [0, 0.05) is 24.0 Å². The van der Waals surface area contributed by atoms with Crippen LogP contribution in [0.15, 0.2) is 36.5 Å². The van der Waals surface area contributed by atoms with Crippen LogP contribution in [0.5, 0.6) is 0 Å². The van der Waals surface area contributed by atoms with Crippen LogP contribution in [0.25, 0.3) is 10.9 Å². The number of nitrogens with one attached hydrogen (secondary N) is 1. The Morgan fingerprint density at radius 2 is 1.87 bits per heavy atom. The lowest BCUT2D eigenvalue weighted by Gasteiger charge is -2.28. The van der Waals surface area contributed by atoms with Crippen LogP contribution in [0.4, 0.5) is 0 Å². The third-order valence-electron chi connectivity index (χ3n) is 4.54. The molecule has 0 unspecified atom stereocenters. The largest absolute Gasteiger partial charge is 0.481 e. The molecule has 1 aliphatic rings. The van der Waals surface area contributed by atoms with Crippen LogP contribution >= 0.6 is 0 Å². The van der Waals surface area contributed by atoms with Crippen LogP contribution < -0.4 is 5.32 Å². The monoisotopic (exact) mass is 312 g/mol. The summed E-state index contributed by atoms with van der Waals surface area (Å²) in [6.07, 6.45) is 5.28. The highest BCUT2D eigenvalue weighted by Gasteiger charge is 2.24. The highest BCUT2D eigenvalue weighted by Crippen LogP contribution is 2.27. The van der Waals surface area contributed by atoms with E-state index >= 15 is 0 Å². The van der Waals surface area contributed by atoms with Gasteiger partial charge in [-0.2, -0.15) is 0 Å². The maximum Gasteiger partial charge on any atom is 0.303 e. The molecule has 0 spiro atoms. The number of rotatable bonds is 4. The number of aliphatic carboxylic acids is 1. The highest BCUT2D eigenvalue weighted by atomic mass is 16.4. The van der Waals surface area contributed by atoms with Crippen molar-refractivity contribution >= 4 is 22.8 Å². The summed E-state index contributed by atoms with van der Waals surface area (Å²) in [5.41, 5.74) is 1.45. The minimum absolute atomic E-state index is 0.0784. The molecule has 23 heavy (non-hydrogen) atoms. The van der Waals surface area contributed by atoms with E-state index in [-0.39, 0.29) is 24.3 Å². The third-order valence-corrected chi connectivity index (χ3v) is 4.54. The number of carboxylic acids is 1. The predicted molar refractivity (Wildman–Crippen MR) is 87.2 cm³/mol. The molecular formula is C18H20N2O3. The molecule has 5 heteroatoms. The maximum atomic E-state index is 12.6. The molecule has 1 saturated carbocycles. The summed E-state index contributed by atoms with van der Waals surface area (Å²) in [7, 11) is 0. The minimum atomic E-state index is -0.735. The van der Waals surface area contributed by atoms with Gasteiger partial charge in [-0.15, -0.1) is 0 Å². The number of para-hydroxylation sites is 1. The number of fused-ring (bicyclic) bond motifs is 1. The summed E-state index contributed by atoms with van der Waals surface area (Å²) < 4.78 is 0. The van der Waals surface area contributed by atoms with Crippen molar-refractivity contribution in [2.24, 2.45) is 5.92 Å². The number of carbonyl (C=O) groups excluding carboxylic acids is 1. The predicted octanol–water partition coefficient (Wildman–Crippen LogP) is 3.00. The first-order chi connectivity index (χ1) is 11.1. The zero-order chi connectivity index (χ0) is 16.2. The van der Waals surface area contributed by atoms with E-state index in [0.717, 1.165) is 36.6 Å². The van der Waals surface area contributed by atoms with E-state index in [0.29, 0.717) is 5.56 Å². The number of carbonyl (C=O) groups is 2. The van der Waals surface area contributed by atoms with Crippen molar-refractivity contribution in [1.82, 2.24) is 10.3 Å². The van der Waals surface area contributed by atoms with Crippen LogP contribution in [-0.2, 0) is 4.79 Å². The van der Waals surface area contributed by atoms with Gasteiger partial charge in [-0.1, -0.05) is 18.2 Å². The van der Waals surface area contributed by atoms with Gasteiger partial charge in [-0.25, -0.2) is 0 Å². The van der Waals surface area contributed by atoms with E-state index in [1.54, 1.807) is 12.3 Å². The number of benzene rings is 1. The Morgan fingerprint density at radius 1 is 1.13 bits per heavy atom. The summed E-state index contributed by atoms with van der Waals surface area (Å²) in [6.45, 7) is 0. The van der Waals surface area contributed by atoms with Gasteiger partial charge in [0.15, 0.2) is 0 Å². The molecule has 1 heterocycles. The van der Waals surface area contributed by atoms with Crippen LogP contribution in [0, 0.1) is 5.92 Å². The number of carboxylic acid groups (broad SMARTS) is 1. The average molecular weight is 312 g/mol. The summed E-state index contributed by atoms with van der Waals surface area (Å²) in [5.74, 6) is -0.576. The fourth-order valence-corrected chi connectivity index (χ4v) is 3.31. The molecular weight excluding hydrogens is 292 g/mol. The van der Waals surface area contributed by atoms with Crippen LogP contribution in [0.1, 0.15) is 42.5 Å². The van der Waals surface area contributed by atoms with Gasteiger partial charge in [0.1, 0.15) is 0 Å². The maximum absolute atomic E-state index is 12.6.